The minimum Gasteiger partial charge on any atom is -0.389 e. The summed E-state index contributed by atoms with van der Waals surface area (Å²) < 4.78 is 0. The fourth-order valence-corrected chi connectivity index (χ4v) is 2.14. The Kier molecular flexibility index (Phi) is 5.39. The van der Waals surface area contributed by atoms with Crippen LogP contribution in [0.3, 0.4) is 0 Å². The third kappa shape index (κ3) is 4.27. The molecule has 6 heteroatoms. The van der Waals surface area contributed by atoms with E-state index in [4.69, 9.17) is 11.6 Å². The van der Waals surface area contributed by atoms with Gasteiger partial charge in [0.25, 0.3) is 0 Å². The third-order valence-electron chi connectivity index (χ3n) is 2.19. The molecule has 0 aromatic carbocycles. The topological polar surface area (TPSA) is 70.4 Å². The van der Waals surface area contributed by atoms with E-state index in [0.29, 0.717) is 16.3 Å². The largest absolute Gasteiger partial charge is 0.389 e. The SMILES string of the molecule is CC(=O)SCC(O)C(O)c1ncc(Cl)cc1C. The number of pyridine rings is 1. The van der Waals surface area contributed by atoms with Crippen molar-refractivity contribution in [2.45, 2.75) is 26.1 Å². The highest BCUT2D eigenvalue weighted by Crippen LogP contribution is 2.23. The molecule has 0 amide bonds. The average molecular weight is 276 g/mol. The predicted octanol–water partition coefficient (Wildman–Crippen LogP) is 1.72. The van der Waals surface area contributed by atoms with Gasteiger partial charge in [-0.25, -0.2) is 0 Å². The lowest BCUT2D eigenvalue weighted by Crippen LogP contribution is -2.23. The van der Waals surface area contributed by atoms with Gasteiger partial charge in [-0.1, -0.05) is 23.4 Å². The monoisotopic (exact) mass is 275 g/mol. The van der Waals surface area contributed by atoms with Crippen molar-refractivity contribution in [3.63, 3.8) is 0 Å². The van der Waals surface area contributed by atoms with Crippen LogP contribution in [-0.2, 0) is 4.79 Å². The van der Waals surface area contributed by atoms with Crippen LogP contribution in [0.25, 0.3) is 0 Å². The molecule has 1 aromatic heterocycles. The van der Waals surface area contributed by atoms with Crippen molar-refractivity contribution >= 4 is 28.5 Å². The van der Waals surface area contributed by atoms with Crippen molar-refractivity contribution in [1.82, 2.24) is 4.98 Å². The van der Waals surface area contributed by atoms with Crippen LogP contribution >= 0.6 is 23.4 Å². The third-order valence-corrected chi connectivity index (χ3v) is 3.31. The number of aliphatic hydroxyl groups excluding tert-OH is 2. The van der Waals surface area contributed by atoms with E-state index in [1.165, 1.54) is 13.1 Å². The standard InChI is InChI=1S/C11H14ClNO3S/c1-6-3-8(12)4-13-10(6)11(16)9(15)5-17-7(2)14/h3-4,9,11,15-16H,5H2,1-2H3. The highest BCUT2D eigenvalue weighted by atomic mass is 35.5. The molecule has 1 heterocycles. The van der Waals surface area contributed by atoms with Crippen LogP contribution in [0.2, 0.25) is 5.02 Å². The molecule has 0 aliphatic heterocycles. The minimum absolute atomic E-state index is 0.1000. The zero-order valence-corrected chi connectivity index (χ0v) is 11.1. The van der Waals surface area contributed by atoms with Gasteiger partial charge in [0.1, 0.15) is 6.10 Å². The summed E-state index contributed by atoms with van der Waals surface area (Å²) >= 11 is 6.72. The lowest BCUT2D eigenvalue weighted by molar-refractivity contribution is -0.109. The second-order valence-corrected chi connectivity index (χ2v) is 5.30. The average Bonchev–Trinajstić information content (AvgIpc) is 2.25. The van der Waals surface area contributed by atoms with Gasteiger partial charge < -0.3 is 10.2 Å². The Balaban J connectivity index is 2.74. The first-order valence-corrected chi connectivity index (χ1v) is 6.39. The number of thioether (sulfide) groups is 1. The zero-order valence-electron chi connectivity index (χ0n) is 9.55. The van der Waals surface area contributed by atoms with Crippen molar-refractivity contribution in [3.8, 4) is 0 Å². The zero-order chi connectivity index (χ0) is 13.0. The molecule has 2 atom stereocenters. The molecule has 0 bridgehead atoms. The summed E-state index contributed by atoms with van der Waals surface area (Å²) in [5.74, 6) is 0.139. The van der Waals surface area contributed by atoms with Crippen molar-refractivity contribution in [1.29, 1.82) is 0 Å². The minimum atomic E-state index is -1.11. The van der Waals surface area contributed by atoms with Gasteiger partial charge in [0, 0.05) is 18.9 Å². The lowest BCUT2D eigenvalue weighted by atomic mass is 10.1. The molecular formula is C11H14ClNO3S. The molecule has 4 nitrogen and oxygen atoms in total. The number of carbonyl (C=O) groups excluding carboxylic acids is 1. The number of aromatic nitrogens is 1. The molecule has 2 unspecified atom stereocenters. The summed E-state index contributed by atoms with van der Waals surface area (Å²) in [6, 6.07) is 1.66. The van der Waals surface area contributed by atoms with Gasteiger partial charge in [-0.15, -0.1) is 0 Å². The van der Waals surface area contributed by atoms with Crippen molar-refractivity contribution < 1.29 is 15.0 Å². The summed E-state index contributed by atoms with van der Waals surface area (Å²) in [6.45, 7) is 3.16. The molecule has 0 aliphatic rings. The Morgan fingerprint density at radius 3 is 2.76 bits per heavy atom. The highest BCUT2D eigenvalue weighted by molar-refractivity contribution is 8.13. The van der Waals surface area contributed by atoms with E-state index in [1.54, 1.807) is 13.0 Å². The van der Waals surface area contributed by atoms with Crippen LogP contribution in [-0.4, -0.2) is 32.2 Å². The summed E-state index contributed by atoms with van der Waals surface area (Å²) in [6.07, 6.45) is -0.729. The van der Waals surface area contributed by atoms with Gasteiger partial charge >= 0.3 is 0 Å². The maximum Gasteiger partial charge on any atom is 0.185 e. The molecule has 94 valence electrons. The molecule has 2 N–H and O–H groups in total. The molecule has 0 radical (unpaired) electrons. The number of aliphatic hydroxyl groups is 2. The van der Waals surface area contributed by atoms with E-state index in [9.17, 15) is 15.0 Å². The van der Waals surface area contributed by atoms with E-state index in [-0.39, 0.29) is 10.9 Å². The summed E-state index contributed by atoms with van der Waals surface area (Å²) in [4.78, 5) is 14.7. The number of nitrogens with zero attached hydrogens (tertiary/aromatic N) is 1. The molecule has 0 saturated heterocycles. The van der Waals surface area contributed by atoms with E-state index in [0.717, 1.165) is 11.8 Å². The van der Waals surface area contributed by atoms with Crippen LogP contribution in [0, 0.1) is 6.92 Å². The summed E-state index contributed by atoms with van der Waals surface area (Å²) in [7, 11) is 0. The molecule has 0 fully saturated rings. The van der Waals surface area contributed by atoms with Crippen LogP contribution in [0.15, 0.2) is 12.3 Å². The van der Waals surface area contributed by atoms with Gasteiger partial charge in [0.2, 0.25) is 0 Å². The first-order chi connectivity index (χ1) is 7.91. The van der Waals surface area contributed by atoms with Crippen LogP contribution in [0.4, 0.5) is 0 Å². The van der Waals surface area contributed by atoms with Crippen LogP contribution < -0.4 is 0 Å². The molecule has 0 saturated carbocycles. The van der Waals surface area contributed by atoms with E-state index in [1.807, 2.05) is 0 Å². The maximum atomic E-state index is 10.8. The Morgan fingerprint density at radius 2 is 2.24 bits per heavy atom. The van der Waals surface area contributed by atoms with Gasteiger partial charge in [-0.3, -0.25) is 9.78 Å². The van der Waals surface area contributed by atoms with Gasteiger partial charge in [-0.2, -0.15) is 0 Å². The Hall–Kier alpha value is -0.620. The van der Waals surface area contributed by atoms with Gasteiger partial charge in [0.05, 0.1) is 16.8 Å². The Morgan fingerprint density at radius 1 is 1.59 bits per heavy atom. The molecule has 1 aromatic rings. The Bertz CT molecular complexity index is 414. The lowest BCUT2D eigenvalue weighted by Gasteiger charge is -2.18. The van der Waals surface area contributed by atoms with E-state index in [2.05, 4.69) is 4.98 Å². The Labute approximate surface area is 109 Å². The number of aryl methyl sites for hydroxylation is 1. The van der Waals surface area contributed by atoms with Crippen LogP contribution in [0.5, 0.6) is 0 Å². The fourth-order valence-electron chi connectivity index (χ4n) is 1.34. The second kappa shape index (κ2) is 6.35. The van der Waals surface area contributed by atoms with Crippen LogP contribution in [0.1, 0.15) is 24.3 Å². The fraction of sp³-hybridized carbons (Fsp3) is 0.455. The number of halogens is 1. The molecular weight excluding hydrogens is 262 g/mol. The van der Waals surface area contributed by atoms with Crippen molar-refractivity contribution in [2.75, 3.05) is 5.75 Å². The number of hydrogen-bond donors (Lipinski definition) is 2. The smallest absolute Gasteiger partial charge is 0.185 e. The molecule has 17 heavy (non-hydrogen) atoms. The van der Waals surface area contributed by atoms with E-state index >= 15 is 0 Å². The first-order valence-electron chi connectivity index (χ1n) is 5.03. The molecule has 0 aliphatic carbocycles. The van der Waals surface area contributed by atoms with Gasteiger partial charge in [-0.05, 0) is 18.6 Å². The molecule has 0 spiro atoms. The van der Waals surface area contributed by atoms with Gasteiger partial charge in [0.15, 0.2) is 5.12 Å². The van der Waals surface area contributed by atoms with E-state index < -0.39 is 12.2 Å². The number of carbonyl (C=O) groups is 1. The number of hydrogen-bond acceptors (Lipinski definition) is 5. The molecule has 1 rings (SSSR count). The quantitative estimate of drug-likeness (QED) is 0.875. The van der Waals surface area contributed by atoms with Crippen molar-refractivity contribution in [3.05, 3.63) is 28.5 Å². The first kappa shape index (κ1) is 14.4. The number of rotatable bonds is 4. The predicted molar refractivity (Wildman–Crippen MR) is 68.1 cm³/mol. The normalized spacial score (nSPS) is 14.4. The summed E-state index contributed by atoms with van der Waals surface area (Å²) in [5, 5.41) is 20.0. The summed E-state index contributed by atoms with van der Waals surface area (Å²) in [5.41, 5.74) is 1.09. The highest BCUT2D eigenvalue weighted by Gasteiger charge is 2.22. The van der Waals surface area contributed by atoms with Crippen molar-refractivity contribution in [2.24, 2.45) is 0 Å². The second-order valence-electron chi connectivity index (χ2n) is 3.67. The maximum absolute atomic E-state index is 10.8.